The van der Waals surface area contributed by atoms with Crippen molar-refractivity contribution >= 4 is 35.4 Å². The van der Waals surface area contributed by atoms with Crippen molar-refractivity contribution in [1.82, 2.24) is 31.6 Å². The summed E-state index contributed by atoms with van der Waals surface area (Å²) in [6, 6.07) is 2.96. The molecule has 0 radical (unpaired) electrons. The van der Waals surface area contributed by atoms with Gasteiger partial charge < -0.3 is 30.9 Å². The van der Waals surface area contributed by atoms with Gasteiger partial charge in [-0.3, -0.25) is 34.0 Å². The Hall–Kier alpha value is -4.20. The quantitative estimate of drug-likeness (QED) is 0.150. The second-order valence-electron chi connectivity index (χ2n) is 10.9. The van der Waals surface area contributed by atoms with Crippen LogP contribution in [0.2, 0.25) is 0 Å². The molecule has 0 aromatic heterocycles. The molecule has 4 unspecified atom stereocenters. The Balaban J connectivity index is 1.89. The molecule has 230 valence electrons. The molecule has 0 aliphatic carbocycles. The fourth-order valence-electron chi connectivity index (χ4n) is 5.07. The summed E-state index contributed by atoms with van der Waals surface area (Å²) in [5, 5.41) is 19.1. The summed E-state index contributed by atoms with van der Waals surface area (Å²) in [7, 11) is 1.53. The van der Waals surface area contributed by atoms with E-state index in [1.165, 1.54) is 17.5 Å². The van der Waals surface area contributed by atoms with Crippen LogP contribution in [0.1, 0.15) is 51.5 Å². The molecule has 14 nitrogen and oxygen atoms in total. The average molecular weight is 589 g/mol. The van der Waals surface area contributed by atoms with Crippen LogP contribution in [0.15, 0.2) is 24.3 Å². The summed E-state index contributed by atoms with van der Waals surface area (Å²) >= 11 is 0. The van der Waals surface area contributed by atoms with Gasteiger partial charge in [0.1, 0.15) is 29.9 Å². The number of hydrogen-bond acceptors (Lipinski definition) is 8. The minimum atomic E-state index is -1.20. The van der Waals surface area contributed by atoms with Crippen molar-refractivity contribution in [1.29, 1.82) is 0 Å². The van der Waals surface area contributed by atoms with Gasteiger partial charge in [-0.2, -0.15) is 0 Å². The smallest absolute Gasteiger partial charge is 0.262 e. The third kappa shape index (κ3) is 8.90. The van der Waals surface area contributed by atoms with Crippen LogP contribution in [-0.2, 0) is 35.2 Å². The predicted molar refractivity (Wildman–Crippen MR) is 149 cm³/mol. The van der Waals surface area contributed by atoms with Crippen LogP contribution in [0.5, 0.6) is 5.75 Å². The molecular formula is C28H40N6O8. The van der Waals surface area contributed by atoms with Crippen molar-refractivity contribution < 1.29 is 38.7 Å². The normalized spacial score (nSPS) is 23.1. The van der Waals surface area contributed by atoms with Crippen LogP contribution in [0, 0.1) is 5.92 Å². The molecule has 3 rings (SSSR count). The van der Waals surface area contributed by atoms with E-state index in [9.17, 15) is 28.8 Å². The van der Waals surface area contributed by atoms with Crippen LogP contribution < -0.4 is 31.5 Å². The molecule has 4 atom stereocenters. The highest BCUT2D eigenvalue weighted by Gasteiger charge is 2.40. The van der Waals surface area contributed by atoms with E-state index in [0.29, 0.717) is 31.6 Å². The van der Waals surface area contributed by atoms with Gasteiger partial charge in [0.05, 0.1) is 13.7 Å². The standard InChI is InChI=1S/C28H40N6O8/c1-16(2)13-21-28(40)34-12-4-5-22(34)27(39)30-19(10-11-23(35)29-15-24(36)33-41)25(37)31-20(26(38)32-21)14-17-6-8-18(42-3)9-7-17/h6-9,16,19-22,41H,4-5,10-15H2,1-3H3,(H,29,35)(H,30,39)(H,31,37)(H,32,38)(H,33,36). The lowest BCUT2D eigenvalue weighted by Crippen LogP contribution is -2.61. The second kappa shape index (κ2) is 15.1. The fraction of sp³-hybridized carbons (Fsp3) is 0.571. The summed E-state index contributed by atoms with van der Waals surface area (Å²) in [6.07, 6.45) is 1.04. The lowest BCUT2D eigenvalue weighted by atomic mass is 9.99. The minimum Gasteiger partial charge on any atom is -0.497 e. The molecule has 0 saturated carbocycles. The molecule has 2 aliphatic rings. The number of nitrogens with one attached hydrogen (secondary N) is 5. The number of carbonyl (C=O) groups is 6. The summed E-state index contributed by atoms with van der Waals surface area (Å²) in [4.78, 5) is 79.1. The lowest BCUT2D eigenvalue weighted by Gasteiger charge is -2.33. The van der Waals surface area contributed by atoms with Gasteiger partial charge in [-0.05, 0) is 49.3 Å². The van der Waals surface area contributed by atoms with Crippen molar-refractivity contribution in [2.75, 3.05) is 20.2 Å². The van der Waals surface area contributed by atoms with E-state index in [1.807, 2.05) is 13.8 Å². The van der Waals surface area contributed by atoms with E-state index in [4.69, 9.17) is 9.94 Å². The van der Waals surface area contributed by atoms with Crippen molar-refractivity contribution in [2.24, 2.45) is 5.92 Å². The maximum atomic E-state index is 13.6. The van der Waals surface area contributed by atoms with Crippen molar-refractivity contribution in [2.45, 2.75) is 76.5 Å². The number of ether oxygens (including phenoxy) is 1. The van der Waals surface area contributed by atoms with Gasteiger partial charge in [0.15, 0.2) is 0 Å². The number of hydroxylamine groups is 1. The zero-order chi connectivity index (χ0) is 30.8. The number of amides is 6. The Morgan fingerprint density at radius 3 is 2.26 bits per heavy atom. The van der Waals surface area contributed by atoms with Gasteiger partial charge in [0.2, 0.25) is 29.5 Å². The lowest BCUT2D eigenvalue weighted by molar-refractivity contribution is -0.143. The minimum absolute atomic E-state index is 0.0654. The van der Waals surface area contributed by atoms with Crippen molar-refractivity contribution in [3.05, 3.63) is 29.8 Å². The van der Waals surface area contributed by atoms with Crippen LogP contribution >= 0.6 is 0 Å². The fourth-order valence-corrected chi connectivity index (χ4v) is 5.07. The zero-order valence-electron chi connectivity index (χ0n) is 24.1. The average Bonchev–Trinajstić information content (AvgIpc) is 3.46. The monoisotopic (exact) mass is 588 g/mol. The molecule has 6 amide bonds. The van der Waals surface area contributed by atoms with Crippen LogP contribution in [-0.4, -0.2) is 89.9 Å². The first-order valence-electron chi connectivity index (χ1n) is 14.1. The van der Waals surface area contributed by atoms with E-state index in [0.717, 1.165) is 5.56 Å². The van der Waals surface area contributed by atoms with E-state index < -0.39 is 60.2 Å². The maximum absolute atomic E-state index is 13.6. The van der Waals surface area contributed by atoms with Gasteiger partial charge in [-0.1, -0.05) is 26.0 Å². The molecule has 6 N–H and O–H groups in total. The van der Waals surface area contributed by atoms with Gasteiger partial charge in [0, 0.05) is 19.4 Å². The number of carbonyl (C=O) groups excluding carboxylic acids is 6. The molecule has 0 spiro atoms. The maximum Gasteiger partial charge on any atom is 0.262 e. The number of rotatable bonds is 10. The molecule has 2 fully saturated rings. The summed E-state index contributed by atoms with van der Waals surface area (Å²) in [5.41, 5.74) is 2.12. The Kier molecular flexibility index (Phi) is 11.7. The topological polar surface area (TPSA) is 195 Å². The first-order chi connectivity index (χ1) is 20.0. The number of benzene rings is 1. The van der Waals surface area contributed by atoms with Crippen molar-refractivity contribution in [3.63, 3.8) is 0 Å². The third-order valence-corrected chi connectivity index (χ3v) is 7.26. The number of hydrogen-bond donors (Lipinski definition) is 6. The summed E-state index contributed by atoms with van der Waals surface area (Å²) in [6.45, 7) is 3.72. The molecule has 1 aromatic rings. The van der Waals surface area contributed by atoms with E-state index in [2.05, 4.69) is 21.3 Å². The van der Waals surface area contributed by atoms with Crippen LogP contribution in [0.3, 0.4) is 0 Å². The molecule has 1 aromatic carbocycles. The Bertz CT molecular complexity index is 1160. The second-order valence-corrected chi connectivity index (χ2v) is 10.9. The Morgan fingerprint density at radius 1 is 0.976 bits per heavy atom. The third-order valence-electron chi connectivity index (χ3n) is 7.26. The molecular weight excluding hydrogens is 548 g/mol. The molecule has 2 heterocycles. The Labute approximate surface area is 244 Å². The Morgan fingerprint density at radius 2 is 1.62 bits per heavy atom. The van der Waals surface area contributed by atoms with E-state index in [1.54, 1.807) is 24.3 Å². The number of fused-ring (bicyclic) bond motifs is 1. The van der Waals surface area contributed by atoms with Gasteiger partial charge in [0.25, 0.3) is 5.91 Å². The highest BCUT2D eigenvalue weighted by molar-refractivity contribution is 5.98. The van der Waals surface area contributed by atoms with Crippen molar-refractivity contribution in [3.8, 4) is 5.75 Å². The zero-order valence-corrected chi connectivity index (χ0v) is 24.1. The van der Waals surface area contributed by atoms with Gasteiger partial charge >= 0.3 is 0 Å². The highest BCUT2D eigenvalue weighted by Crippen LogP contribution is 2.22. The van der Waals surface area contributed by atoms with Crippen LogP contribution in [0.25, 0.3) is 0 Å². The summed E-state index contributed by atoms with van der Waals surface area (Å²) in [5.74, 6) is -2.84. The molecule has 2 aliphatic heterocycles. The van der Waals surface area contributed by atoms with Gasteiger partial charge in [-0.25, -0.2) is 5.48 Å². The van der Waals surface area contributed by atoms with E-state index in [-0.39, 0.29) is 31.1 Å². The van der Waals surface area contributed by atoms with E-state index >= 15 is 0 Å². The number of methoxy groups -OCH3 is 1. The highest BCUT2D eigenvalue weighted by atomic mass is 16.5. The molecule has 42 heavy (non-hydrogen) atoms. The van der Waals surface area contributed by atoms with Gasteiger partial charge in [-0.15, -0.1) is 0 Å². The SMILES string of the molecule is COc1ccc(CC2NC(=O)C(CCC(=O)NCC(=O)NO)NC(=O)C3CCCN3C(=O)C(CC(C)C)NC2=O)cc1. The first-order valence-corrected chi connectivity index (χ1v) is 14.1. The molecule has 2 saturated heterocycles. The predicted octanol–water partition coefficient (Wildman–Crippen LogP) is -0.855. The number of nitrogens with zero attached hydrogens (tertiary/aromatic N) is 1. The first kappa shape index (κ1) is 32.3. The molecule has 14 heteroatoms. The summed E-state index contributed by atoms with van der Waals surface area (Å²) < 4.78 is 5.20. The largest absolute Gasteiger partial charge is 0.497 e. The molecule has 0 bridgehead atoms. The van der Waals surface area contributed by atoms with Crippen LogP contribution in [0.4, 0.5) is 0 Å².